The van der Waals surface area contributed by atoms with Crippen molar-refractivity contribution in [3.63, 3.8) is 0 Å². The molecule has 218 valence electrons. The minimum absolute atomic E-state index is 0.150. The standard InChI is InChI=1S/C30H31FN6O4S/c1-2-41-28(38)30(20-22-4-3-16-32-21-22)14-18-37(19-15-30)42(39,40)26-11-9-25(10-12-26)35-29-33-17-13-27(36-29)34-24-7-5-23(31)6-8-24/h3-13,16-17,21H,2,14-15,18-20H2,1H3,(H2,33,34,35,36). The summed E-state index contributed by atoms with van der Waals surface area (Å²) in [7, 11) is -3.78. The molecule has 2 aromatic heterocycles. The number of nitrogens with zero attached hydrogens (tertiary/aromatic N) is 4. The van der Waals surface area contributed by atoms with Gasteiger partial charge < -0.3 is 15.4 Å². The molecule has 0 amide bonds. The van der Waals surface area contributed by atoms with Crippen molar-refractivity contribution in [1.82, 2.24) is 19.3 Å². The van der Waals surface area contributed by atoms with Crippen molar-refractivity contribution in [3.05, 3.63) is 96.7 Å². The number of ether oxygens (including phenoxy) is 1. The summed E-state index contributed by atoms with van der Waals surface area (Å²) in [5.74, 6) is 0.172. The van der Waals surface area contributed by atoms with E-state index in [1.165, 1.54) is 28.6 Å². The predicted octanol–water partition coefficient (Wildman–Crippen LogP) is 5.07. The van der Waals surface area contributed by atoms with Gasteiger partial charge in [-0.05, 0) is 92.4 Å². The van der Waals surface area contributed by atoms with Gasteiger partial charge in [0.05, 0.1) is 16.9 Å². The van der Waals surface area contributed by atoms with Crippen LogP contribution in [-0.2, 0) is 26.0 Å². The number of nitrogens with one attached hydrogen (secondary N) is 2. The Bertz CT molecular complexity index is 1610. The first kappa shape index (κ1) is 29.1. The van der Waals surface area contributed by atoms with Gasteiger partial charge in [0, 0.05) is 43.1 Å². The van der Waals surface area contributed by atoms with Gasteiger partial charge in [-0.1, -0.05) is 6.07 Å². The number of sulfonamides is 1. The number of hydrogen-bond donors (Lipinski definition) is 2. The molecule has 12 heteroatoms. The van der Waals surface area contributed by atoms with E-state index in [9.17, 15) is 17.6 Å². The molecular formula is C30H31FN6O4S. The van der Waals surface area contributed by atoms with Gasteiger partial charge >= 0.3 is 5.97 Å². The lowest BCUT2D eigenvalue weighted by atomic mass is 9.74. The molecule has 5 rings (SSSR count). The normalized spacial score (nSPS) is 15.1. The highest BCUT2D eigenvalue weighted by Gasteiger charge is 2.45. The number of anilines is 4. The molecule has 0 saturated carbocycles. The smallest absolute Gasteiger partial charge is 0.312 e. The molecule has 0 unspecified atom stereocenters. The number of esters is 1. The SMILES string of the molecule is CCOC(=O)C1(Cc2cccnc2)CCN(S(=O)(=O)c2ccc(Nc3nccc(Nc4ccc(F)cc4)n3)cc2)CC1. The van der Waals surface area contributed by atoms with E-state index in [4.69, 9.17) is 4.74 Å². The van der Waals surface area contributed by atoms with Gasteiger partial charge in [-0.15, -0.1) is 0 Å². The van der Waals surface area contributed by atoms with Crippen molar-refractivity contribution in [3.8, 4) is 0 Å². The van der Waals surface area contributed by atoms with E-state index >= 15 is 0 Å². The highest BCUT2D eigenvalue weighted by atomic mass is 32.2. The van der Waals surface area contributed by atoms with Crippen LogP contribution in [0.25, 0.3) is 0 Å². The zero-order valence-electron chi connectivity index (χ0n) is 23.0. The van der Waals surface area contributed by atoms with Gasteiger partial charge in [-0.25, -0.2) is 17.8 Å². The second-order valence-electron chi connectivity index (χ2n) is 9.99. The number of carbonyl (C=O) groups is 1. The van der Waals surface area contributed by atoms with E-state index in [-0.39, 0.29) is 36.4 Å². The molecule has 1 fully saturated rings. The molecule has 10 nitrogen and oxygen atoms in total. The Hall–Kier alpha value is -4.42. The van der Waals surface area contributed by atoms with Gasteiger partial charge in [-0.3, -0.25) is 9.78 Å². The van der Waals surface area contributed by atoms with Crippen LogP contribution >= 0.6 is 0 Å². The second kappa shape index (κ2) is 12.6. The van der Waals surface area contributed by atoms with Gasteiger partial charge in [0.25, 0.3) is 0 Å². The lowest BCUT2D eigenvalue weighted by Gasteiger charge is -2.39. The summed E-state index contributed by atoms with van der Waals surface area (Å²) >= 11 is 0. The summed E-state index contributed by atoms with van der Waals surface area (Å²) < 4.78 is 47.0. The molecule has 42 heavy (non-hydrogen) atoms. The maximum atomic E-state index is 13.5. The van der Waals surface area contributed by atoms with Crippen LogP contribution in [0.4, 0.5) is 27.5 Å². The van der Waals surface area contributed by atoms with Gasteiger partial charge in [0.1, 0.15) is 11.6 Å². The minimum atomic E-state index is -3.78. The molecule has 0 aliphatic carbocycles. The van der Waals surface area contributed by atoms with Crippen LogP contribution in [0.2, 0.25) is 0 Å². The first-order valence-electron chi connectivity index (χ1n) is 13.6. The molecular weight excluding hydrogens is 559 g/mol. The third kappa shape index (κ3) is 6.72. The fraction of sp³-hybridized carbons (Fsp3) is 0.267. The Morgan fingerprint density at radius 1 is 0.976 bits per heavy atom. The average molecular weight is 591 g/mol. The number of carbonyl (C=O) groups excluding carboxylic acids is 1. The third-order valence-electron chi connectivity index (χ3n) is 7.17. The monoisotopic (exact) mass is 590 g/mol. The topological polar surface area (TPSA) is 126 Å². The summed E-state index contributed by atoms with van der Waals surface area (Å²) in [5, 5.41) is 6.15. The minimum Gasteiger partial charge on any atom is -0.466 e. The lowest BCUT2D eigenvalue weighted by molar-refractivity contribution is -0.158. The predicted molar refractivity (Wildman–Crippen MR) is 156 cm³/mol. The number of halogens is 1. The summed E-state index contributed by atoms with van der Waals surface area (Å²) in [4.78, 5) is 25.9. The number of aromatic nitrogens is 3. The zero-order chi connectivity index (χ0) is 29.6. The largest absolute Gasteiger partial charge is 0.466 e. The van der Waals surface area contributed by atoms with Crippen LogP contribution < -0.4 is 10.6 Å². The van der Waals surface area contributed by atoms with Crippen molar-refractivity contribution in [2.75, 3.05) is 30.3 Å². The first-order valence-corrected chi connectivity index (χ1v) is 15.0. The molecule has 1 aliphatic heterocycles. The van der Waals surface area contributed by atoms with Gasteiger partial charge in [0.2, 0.25) is 16.0 Å². The molecule has 0 radical (unpaired) electrons. The molecule has 0 atom stereocenters. The van der Waals surface area contributed by atoms with Crippen LogP contribution in [0, 0.1) is 11.2 Å². The summed E-state index contributed by atoms with van der Waals surface area (Å²) in [6.07, 6.45) is 6.10. The summed E-state index contributed by atoms with van der Waals surface area (Å²) in [5.41, 5.74) is 1.37. The second-order valence-corrected chi connectivity index (χ2v) is 11.9. The number of benzene rings is 2. The molecule has 3 heterocycles. The van der Waals surface area contributed by atoms with Gasteiger partial charge in [0.15, 0.2) is 0 Å². The molecule has 1 saturated heterocycles. The highest BCUT2D eigenvalue weighted by Crippen LogP contribution is 2.38. The van der Waals surface area contributed by atoms with Crippen LogP contribution in [0.5, 0.6) is 0 Å². The van der Waals surface area contributed by atoms with Crippen LogP contribution in [0.1, 0.15) is 25.3 Å². The number of rotatable bonds is 10. The van der Waals surface area contributed by atoms with Crippen molar-refractivity contribution in [1.29, 1.82) is 0 Å². The summed E-state index contributed by atoms with van der Waals surface area (Å²) in [6.45, 7) is 2.42. The molecule has 0 bridgehead atoms. The van der Waals surface area contributed by atoms with Crippen molar-refractivity contribution in [2.45, 2.75) is 31.1 Å². The molecule has 2 aromatic carbocycles. The Kier molecular flexibility index (Phi) is 8.74. The van der Waals surface area contributed by atoms with E-state index in [1.54, 1.807) is 55.8 Å². The Morgan fingerprint density at radius 2 is 1.67 bits per heavy atom. The number of pyridine rings is 1. The van der Waals surface area contributed by atoms with E-state index < -0.39 is 15.4 Å². The molecule has 2 N–H and O–H groups in total. The van der Waals surface area contributed by atoms with Crippen LogP contribution in [0.3, 0.4) is 0 Å². The Balaban J connectivity index is 1.24. The number of hydrogen-bond acceptors (Lipinski definition) is 9. The zero-order valence-corrected chi connectivity index (χ0v) is 23.9. The van der Waals surface area contributed by atoms with E-state index in [1.807, 2.05) is 12.1 Å². The maximum Gasteiger partial charge on any atom is 0.312 e. The molecule has 1 aliphatic rings. The third-order valence-corrected chi connectivity index (χ3v) is 9.09. The van der Waals surface area contributed by atoms with Crippen molar-refractivity contribution < 1.29 is 22.3 Å². The van der Waals surface area contributed by atoms with Crippen LogP contribution in [0.15, 0.2) is 90.2 Å². The Labute approximate surface area is 244 Å². The van der Waals surface area contributed by atoms with E-state index in [0.29, 0.717) is 42.4 Å². The quantitative estimate of drug-likeness (QED) is 0.243. The van der Waals surface area contributed by atoms with Crippen molar-refractivity contribution >= 4 is 39.1 Å². The molecule has 0 spiro atoms. The van der Waals surface area contributed by atoms with E-state index in [0.717, 1.165) is 5.56 Å². The summed E-state index contributed by atoms with van der Waals surface area (Å²) in [6, 6.07) is 17.7. The van der Waals surface area contributed by atoms with Crippen LogP contribution in [-0.4, -0.2) is 53.3 Å². The molecule has 4 aromatic rings. The fourth-order valence-corrected chi connectivity index (χ4v) is 6.38. The number of piperidine rings is 1. The lowest BCUT2D eigenvalue weighted by Crippen LogP contribution is -2.48. The maximum absolute atomic E-state index is 13.5. The first-order chi connectivity index (χ1) is 20.3. The van der Waals surface area contributed by atoms with Crippen molar-refractivity contribution in [2.24, 2.45) is 5.41 Å². The Morgan fingerprint density at radius 3 is 2.33 bits per heavy atom. The highest BCUT2D eigenvalue weighted by molar-refractivity contribution is 7.89. The van der Waals surface area contributed by atoms with E-state index in [2.05, 4.69) is 25.6 Å². The fourth-order valence-electron chi connectivity index (χ4n) is 4.94. The average Bonchev–Trinajstić information content (AvgIpc) is 3.00. The van der Waals surface area contributed by atoms with Gasteiger partial charge in [-0.2, -0.15) is 9.29 Å².